The number of halogens is 2. The van der Waals surface area contributed by atoms with Gasteiger partial charge in [0, 0.05) is 15.0 Å². The molecule has 1 nitrogen and oxygen atoms in total. The molecule has 90 valence electrons. The molecule has 1 rings (SSSR count). The lowest BCUT2D eigenvalue weighted by Crippen LogP contribution is -2.18. The normalized spacial score (nSPS) is 14.8. The van der Waals surface area contributed by atoms with Crippen LogP contribution in [0.5, 0.6) is 0 Å². The van der Waals surface area contributed by atoms with Gasteiger partial charge in [-0.05, 0) is 43.1 Å². The van der Waals surface area contributed by atoms with Crippen LogP contribution in [-0.4, -0.2) is 7.05 Å². The Bertz CT molecular complexity index is 318. The second kappa shape index (κ2) is 6.77. The van der Waals surface area contributed by atoms with Crippen molar-refractivity contribution < 1.29 is 0 Å². The van der Waals surface area contributed by atoms with Gasteiger partial charge in [-0.25, -0.2) is 0 Å². The Morgan fingerprint density at radius 1 is 1.19 bits per heavy atom. The molecule has 0 saturated carbocycles. The van der Waals surface area contributed by atoms with Gasteiger partial charge in [-0.15, -0.1) is 0 Å². The summed E-state index contributed by atoms with van der Waals surface area (Å²) >= 11 is 7.07. The molecule has 0 aliphatic rings. The molecule has 1 N–H and O–H groups in total. The van der Waals surface area contributed by atoms with E-state index in [1.165, 1.54) is 18.4 Å². The zero-order chi connectivity index (χ0) is 12.1. The summed E-state index contributed by atoms with van der Waals surface area (Å²) in [5.74, 6) is 0.746. The van der Waals surface area contributed by atoms with Crippen LogP contribution in [-0.2, 0) is 0 Å². The van der Waals surface area contributed by atoms with E-state index in [1.54, 1.807) is 0 Å². The Kier molecular flexibility index (Phi) is 6.01. The molecule has 1 aromatic rings. The van der Waals surface area contributed by atoms with E-state index in [2.05, 4.69) is 69.2 Å². The van der Waals surface area contributed by atoms with Crippen LogP contribution in [0.15, 0.2) is 27.1 Å². The van der Waals surface area contributed by atoms with Crippen LogP contribution in [0.4, 0.5) is 0 Å². The number of rotatable bonds is 5. The van der Waals surface area contributed by atoms with E-state index in [-0.39, 0.29) is 0 Å². The summed E-state index contributed by atoms with van der Waals surface area (Å²) in [5.41, 5.74) is 1.34. The first kappa shape index (κ1) is 14.2. The second-order valence-electron chi connectivity index (χ2n) is 4.29. The van der Waals surface area contributed by atoms with Crippen molar-refractivity contribution >= 4 is 31.9 Å². The van der Waals surface area contributed by atoms with E-state index < -0.39 is 0 Å². The van der Waals surface area contributed by atoms with Gasteiger partial charge in [0.05, 0.1) is 0 Å². The summed E-state index contributed by atoms with van der Waals surface area (Å²) in [6.07, 6.45) is 2.41. The van der Waals surface area contributed by atoms with Crippen molar-refractivity contribution in [1.29, 1.82) is 0 Å². The van der Waals surface area contributed by atoms with Gasteiger partial charge in [-0.1, -0.05) is 52.1 Å². The maximum Gasteiger partial charge on any atom is 0.0320 e. The largest absolute Gasteiger partial charge is 0.313 e. The first-order valence-electron chi connectivity index (χ1n) is 5.70. The third kappa shape index (κ3) is 4.19. The first-order valence-corrected chi connectivity index (χ1v) is 7.28. The predicted molar refractivity (Wildman–Crippen MR) is 77.7 cm³/mol. The molecule has 0 radical (unpaired) electrons. The molecule has 16 heavy (non-hydrogen) atoms. The molecule has 0 aliphatic carbocycles. The minimum Gasteiger partial charge on any atom is -0.313 e. The van der Waals surface area contributed by atoms with Crippen molar-refractivity contribution in [1.82, 2.24) is 5.32 Å². The molecule has 2 unspecified atom stereocenters. The van der Waals surface area contributed by atoms with Crippen molar-refractivity contribution in [2.75, 3.05) is 7.05 Å². The highest BCUT2D eigenvalue weighted by Crippen LogP contribution is 2.28. The Hall–Kier alpha value is 0.140. The minimum atomic E-state index is 0.434. The van der Waals surface area contributed by atoms with Gasteiger partial charge in [0.15, 0.2) is 0 Å². The van der Waals surface area contributed by atoms with E-state index in [0.717, 1.165) is 14.9 Å². The zero-order valence-electron chi connectivity index (χ0n) is 10.1. The molecule has 0 fully saturated rings. The summed E-state index contributed by atoms with van der Waals surface area (Å²) in [7, 11) is 2.03. The molecule has 0 aromatic heterocycles. The van der Waals surface area contributed by atoms with E-state index in [4.69, 9.17) is 0 Å². The van der Waals surface area contributed by atoms with Gasteiger partial charge in [-0.2, -0.15) is 0 Å². The molecule has 2 atom stereocenters. The highest BCUT2D eigenvalue weighted by Gasteiger charge is 2.13. The fraction of sp³-hybridized carbons (Fsp3) is 0.538. The zero-order valence-corrected chi connectivity index (χ0v) is 13.2. The number of hydrogen-bond donors (Lipinski definition) is 1. The third-order valence-corrected chi connectivity index (χ3v) is 3.89. The Morgan fingerprint density at radius 2 is 1.75 bits per heavy atom. The van der Waals surface area contributed by atoms with Gasteiger partial charge >= 0.3 is 0 Å². The average molecular weight is 349 g/mol. The second-order valence-corrected chi connectivity index (χ2v) is 6.12. The number of hydrogen-bond acceptors (Lipinski definition) is 1. The maximum atomic E-state index is 3.54. The van der Waals surface area contributed by atoms with Crippen molar-refractivity contribution in [2.24, 2.45) is 5.92 Å². The van der Waals surface area contributed by atoms with E-state index in [9.17, 15) is 0 Å². The molecular formula is C13H19Br2N. The molecule has 0 amide bonds. The summed E-state index contributed by atoms with van der Waals surface area (Å²) in [5, 5.41) is 3.40. The number of benzene rings is 1. The lowest BCUT2D eigenvalue weighted by molar-refractivity contribution is 0.422. The fourth-order valence-corrected chi connectivity index (χ4v) is 3.10. The SMILES string of the molecule is CCC(C)CC(NC)c1cc(Br)cc(Br)c1. The van der Waals surface area contributed by atoms with Crippen LogP contribution in [0.2, 0.25) is 0 Å². The van der Waals surface area contributed by atoms with Crippen molar-refractivity contribution in [2.45, 2.75) is 32.7 Å². The Balaban J connectivity index is 2.86. The third-order valence-electron chi connectivity index (χ3n) is 2.97. The van der Waals surface area contributed by atoms with Crippen molar-refractivity contribution in [3.8, 4) is 0 Å². The highest BCUT2D eigenvalue weighted by atomic mass is 79.9. The van der Waals surface area contributed by atoms with Gasteiger partial charge in [-0.3, -0.25) is 0 Å². The molecule has 0 bridgehead atoms. The van der Waals surface area contributed by atoms with Crippen LogP contribution >= 0.6 is 31.9 Å². The topological polar surface area (TPSA) is 12.0 Å². The smallest absolute Gasteiger partial charge is 0.0320 e. The molecule has 0 spiro atoms. The van der Waals surface area contributed by atoms with Crippen LogP contribution < -0.4 is 5.32 Å². The summed E-state index contributed by atoms with van der Waals surface area (Å²) < 4.78 is 2.25. The monoisotopic (exact) mass is 347 g/mol. The minimum absolute atomic E-state index is 0.434. The van der Waals surface area contributed by atoms with Gasteiger partial charge < -0.3 is 5.32 Å². The summed E-state index contributed by atoms with van der Waals surface area (Å²) in [6, 6.07) is 6.88. The van der Waals surface area contributed by atoms with Gasteiger partial charge in [0.1, 0.15) is 0 Å². The Labute approximate surface area is 115 Å². The predicted octanol–water partition coefficient (Wildman–Crippen LogP) is 4.91. The van der Waals surface area contributed by atoms with Crippen LogP contribution in [0.3, 0.4) is 0 Å². The first-order chi connectivity index (χ1) is 7.56. The average Bonchev–Trinajstić information content (AvgIpc) is 2.24. The number of nitrogens with one attached hydrogen (secondary N) is 1. The fourth-order valence-electron chi connectivity index (χ4n) is 1.77. The van der Waals surface area contributed by atoms with E-state index >= 15 is 0 Å². The van der Waals surface area contributed by atoms with Crippen LogP contribution in [0.25, 0.3) is 0 Å². The molecule has 0 aliphatic heterocycles. The molecule has 1 aromatic carbocycles. The van der Waals surface area contributed by atoms with Crippen molar-refractivity contribution in [3.05, 3.63) is 32.7 Å². The van der Waals surface area contributed by atoms with Gasteiger partial charge in [0.25, 0.3) is 0 Å². The molecule has 0 saturated heterocycles. The lowest BCUT2D eigenvalue weighted by atomic mass is 9.94. The molecular weight excluding hydrogens is 330 g/mol. The summed E-state index contributed by atoms with van der Waals surface area (Å²) in [6.45, 7) is 4.55. The maximum absolute atomic E-state index is 3.54. The van der Waals surface area contributed by atoms with Crippen molar-refractivity contribution in [3.63, 3.8) is 0 Å². The standard InChI is InChI=1S/C13H19Br2N/c1-4-9(2)5-13(16-3)10-6-11(14)8-12(15)7-10/h6-9,13,16H,4-5H2,1-3H3. The van der Waals surface area contributed by atoms with Crippen LogP contribution in [0, 0.1) is 5.92 Å². The van der Waals surface area contributed by atoms with Crippen LogP contribution in [0.1, 0.15) is 38.3 Å². The molecule has 0 heterocycles. The van der Waals surface area contributed by atoms with Gasteiger partial charge in [0.2, 0.25) is 0 Å². The highest BCUT2D eigenvalue weighted by molar-refractivity contribution is 9.11. The lowest BCUT2D eigenvalue weighted by Gasteiger charge is -2.20. The van der Waals surface area contributed by atoms with E-state index in [1.807, 2.05) is 7.05 Å². The molecule has 3 heteroatoms. The Morgan fingerprint density at radius 3 is 2.19 bits per heavy atom. The quantitative estimate of drug-likeness (QED) is 0.797. The van der Waals surface area contributed by atoms with E-state index in [0.29, 0.717) is 6.04 Å². The summed E-state index contributed by atoms with van der Waals surface area (Å²) in [4.78, 5) is 0.